The Labute approximate surface area is 224 Å². The molecule has 38 heavy (non-hydrogen) atoms. The summed E-state index contributed by atoms with van der Waals surface area (Å²) in [5, 5.41) is 12.9. The van der Waals surface area contributed by atoms with Crippen molar-refractivity contribution in [3.63, 3.8) is 0 Å². The summed E-state index contributed by atoms with van der Waals surface area (Å²) < 4.78 is 7.40. The van der Waals surface area contributed by atoms with Crippen LogP contribution in [0.15, 0.2) is 35.3 Å². The predicted molar refractivity (Wildman–Crippen MR) is 152 cm³/mol. The van der Waals surface area contributed by atoms with Gasteiger partial charge in [-0.25, -0.2) is 4.98 Å². The van der Waals surface area contributed by atoms with E-state index in [4.69, 9.17) is 15.6 Å². The van der Waals surface area contributed by atoms with Crippen molar-refractivity contribution in [2.24, 2.45) is 0 Å². The number of nitrogens with zero attached hydrogens (tertiary/aromatic N) is 5. The van der Waals surface area contributed by atoms with Crippen molar-refractivity contribution >= 4 is 22.7 Å². The number of hydrogen-bond donors (Lipinski definition) is 3. The van der Waals surface area contributed by atoms with Crippen LogP contribution < -0.4 is 21.3 Å². The zero-order valence-electron chi connectivity index (χ0n) is 22.8. The Hall–Kier alpha value is -3.21. The second kappa shape index (κ2) is 13.0. The van der Waals surface area contributed by atoms with Crippen LogP contribution in [0, 0.1) is 0 Å². The number of anilines is 2. The second-order valence-corrected chi connectivity index (χ2v) is 10.1. The number of hydrogen-bond acceptors (Lipinski definition) is 9. The van der Waals surface area contributed by atoms with Gasteiger partial charge in [0.1, 0.15) is 17.0 Å². The number of aliphatic hydroxyl groups is 1. The molecule has 0 unspecified atom stereocenters. The van der Waals surface area contributed by atoms with Crippen LogP contribution in [0.2, 0.25) is 0 Å². The molecule has 1 aliphatic heterocycles. The normalized spacial score (nSPS) is 15.6. The fourth-order valence-corrected chi connectivity index (χ4v) is 5.09. The molecule has 3 heterocycles. The maximum atomic E-state index is 13.6. The molecule has 1 aliphatic rings. The highest BCUT2D eigenvalue weighted by molar-refractivity contribution is 5.89. The van der Waals surface area contributed by atoms with Crippen LogP contribution in [-0.4, -0.2) is 81.9 Å². The fraction of sp³-hybridized carbons (Fsp3) is 0.536. The van der Waals surface area contributed by atoms with Crippen LogP contribution in [-0.2, 0) is 13.1 Å². The van der Waals surface area contributed by atoms with E-state index in [0.717, 1.165) is 69.8 Å². The Kier molecular flexibility index (Phi) is 9.54. The molecule has 4 rings (SSSR count). The summed E-state index contributed by atoms with van der Waals surface area (Å²) >= 11 is 0. The van der Waals surface area contributed by atoms with E-state index >= 15 is 0 Å². The maximum Gasteiger partial charge on any atom is 0.264 e. The van der Waals surface area contributed by atoms with E-state index in [2.05, 4.69) is 51.1 Å². The van der Waals surface area contributed by atoms with Gasteiger partial charge in [-0.2, -0.15) is 4.98 Å². The number of nitrogen functional groups attached to an aromatic ring is 1. The van der Waals surface area contributed by atoms with Crippen LogP contribution in [0.25, 0.3) is 10.9 Å². The van der Waals surface area contributed by atoms with Crippen molar-refractivity contribution in [2.45, 2.75) is 52.2 Å². The highest BCUT2D eigenvalue weighted by Crippen LogP contribution is 2.24. The van der Waals surface area contributed by atoms with Gasteiger partial charge < -0.3 is 30.4 Å². The molecule has 0 radical (unpaired) electrons. The molecule has 0 saturated carbocycles. The summed E-state index contributed by atoms with van der Waals surface area (Å²) in [4.78, 5) is 27.0. The molecule has 3 aromatic rings. The van der Waals surface area contributed by atoms with Crippen molar-refractivity contribution in [1.82, 2.24) is 24.3 Å². The van der Waals surface area contributed by atoms with E-state index in [1.807, 2.05) is 12.1 Å². The molecule has 1 saturated heterocycles. The lowest BCUT2D eigenvalue weighted by Crippen LogP contribution is -2.46. The van der Waals surface area contributed by atoms with Gasteiger partial charge in [0.15, 0.2) is 0 Å². The van der Waals surface area contributed by atoms with Crippen LogP contribution in [0.1, 0.15) is 44.2 Å². The van der Waals surface area contributed by atoms with Crippen LogP contribution in [0.5, 0.6) is 5.75 Å². The largest absolute Gasteiger partial charge is 0.496 e. The van der Waals surface area contributed by atoms with Gasteiger partial charge in [0.25, 0.3) is 5.56 Å². The summed E-state index contributed by atoms with van der Waals surface area (Å²) in [5.74, 6) is 1.39. The first-order valence-corrected chi connectivity index (χ1v) is 13.6. The number of piperazine rings is 1. The summed E-state index contributed by atoms with van der Waals surface area (Å²) in [6.45, 7) is 10.7. The molecular formula is C28H41N7O3. The molecule has 0 bridgehead atoms. The summed E-state index contributed by atoms with van der Waals surface area (Å²) in [7, 11) is 1.67. The van der Waals surface area contributed by atoms with E-state index < -0.39 is 0 Å². The van der Waals surface area contributed by atoms with Gasteiger partial charge in [-0.1, -0.05) is 25.5 Å². The first-order chi connectivity index (χ1) is 18.4. The first kappa shape index (κ1) is 27.8. The number of methoxy groups -OCH3 is 1. The summed E-state index contributed by atoms with van der Waals surface area (Å²) in [6.07, 6.45) is 4.55. The summed E-state index contributed by atoms with van der Waals surface area (Å²) in [6, 6.07) is 8.20. The quantitative estimate of drug-likeness (QED) is 0.329. The van der Waals surface area contributed by atoms with Crippen molar-refractivity contribution in [3.8, 4) is 5.75 Å². The van der Waals surface area contributed by atoms with Crippen molar-refractivity contribution in [3.05, 3.63) is 51.9 Å². The average molecular weight is 524 g/mol. The third-order valence-corrected chi connectivity index (χ3v) is 7.14. The number of rotatable bonds is 12. The van der Waals surface area contributed by atoms with Gasteiger partial charge in [0, 0.05) is 63.7 Å². The fourth-order valence-electron chi connectivity index (χ4n) is 5.09. The Bertz CT molecular complexity index is 1270. The lowest BCUT2D eigenvalue weighted by atomic mass is 10.1. The van der Waals surface area contributed by atoms with Crippen LogP contribution in [0.3, 0.4) is 0 Å². The zero-order chi connectivity index (χ0) is 27.1. The third kappa shape index (κ3) is 6.80. The molecule has 0 amide bonds. The molecule has 0 spiro atoms. The minimum absolute atomic E-state index is 0.143. The maximum absolute atomic E-state index is 13.6. The van der Waals surface area contributed by atoms with Gasteiger partial charge in [-0.05, 0) is 37.5 Å². The Morgan fingerprint density at radius 1 is 1.13 bits per heavy atom. The molecule has 10 nitrogen and oxygen atoms in total. The molecular weight excluding hydrogens is 482 g/mol. The van der Waals surface area contributed by atoms with E-state index in [0.29, 0.717) is 23.3 Å². The second-order valence-electron chi connectivity index (χ2n) is 10.1. The lowest BCUT2D eigenvalue weighted by Gasteiger charge is -2.34. The van der Waals surface area contributed by atoms with Crippen LogP contribution >= 0.6 is 0 Å². The first-order valence-electron chi connectivity index (χ1n) is 13.6. The van der Waals surface area contributed by atoms with E-state index in [-0.39, 0.29) is 24.2 Å². The minimum Gasteiger partial charge on any atom is -0.496 e. The van der Waals surface area contributed by atoms with E-state index in [1.165, 1.54) is 5.56 Å². The zero-order valence-corrected chi connectivity index (χ0v) is 22.8. The van der Waals surface area contributed by atoms with Crippen molar-refractivity contribution in [1.29, 1.82) is 0 Å². The van der Waals surface area contributed by atoms with Crippen LogP contribution in [0.4, 0.5) is 11.8 Å². The molecule has 4 N–H and O–H groups in total. The smallest absolute Gasteiger partial charge is 0.264 e. The van der Waals surface area contributed by atoms with E-state index in [1.54, 1.807) is 17.9 Å². The number of aromatic nitrogens is 3. The number of benzene rings is 1. The average Bonchev–Trinajstić information content (AvgIpc) is 2.90. The highest BCUT2D eigenvalue weighted by Gasteiger charge is 2.18. The predicted octanol–water partition coefficient (Wildman–Crippen LogP) is 2.53. The SMILES string of the molecule is CCC[C@@H](C)Nc1nc(N)nc2ccn(Cc3ccc(CN4CCN(CCCO)CC4)cc3OC)c(=O)c12. The number of aliphatic hydroxyl groups excluding tert-OH is 1. The molecule has 10 heteroatoms. The van der Waals surface area contributed by atoms with Crippen molar-refractivity contribution < 1.29 is 9.84 Å². The molecule has 1 atom stereocenters. The van der Waals surface area contributed by atoms with Gasteiger partial charge in [0.05, 0.1) is 19.2 Å². The monoisotopic (exact) mass is 523 g/mol. The third-order valence-electron chi connectivity index (χ3n) is 7.14. The Morgan fingerprint density at radius 2 is 1.89 bits per heavy atom. The highest BCUT2D eigenvalue weighted by atomic mass is 16.5. The van der Waals surface area contributed by atoms with Gasteiger partial charge in [-0.15, -0.1) is 0 Å². The summed E-state index contributed by atoms with van der Waals surface area (Å²) in [5.41, 5.74) is 8.40. The van der Waals surface area contributed by atoms with Gasteiger partial charge in [-0.3, -0.25) is 9.69 Å². The number of fused-ring (bicyclic) bond motifs is 1. The molecule has 0 aliphatic carbocycles. The molecule has 1 fully saturated rings. The van der Waals surface area contributed by atoms with Crippen molar-refractivity contribution in [2.75, 3.05) is 57.5 Å². The Balaban J connectivity index is 1.52. The molecule has 1 aromatic carbocycles. The van der Waals surface area contributed by atoms with Gasteiger partial charge >= 0.3 is 0 Å². The molecule has 206 valence electrons. The molecule has 2 aromatic heterocycles. The number of pyridine rings is 1. The van der Waals surface area contributed by atoms with E-state index in [9.17, 15) is 4.79 Å². The number of nitrogens with one attached hydrogen (secondary N) is 1. The minimum atomic E-state index is -0.168. The standard InChI is InChI=1S/C28H41N7O3/c1-4-6-20(2)30-26-25-23(31-28(29)32-26)9-11-35(27(25)37)19-22-8-7-21(17-24(22)38-3)18-34-14-12-33(13-15-34)10-5-16-36/h7-9,11,17,20,36H,4-6,10,12-16,18-19H2,1-3H3,(H3,29,30,31,32)/t20-/m1/s1. The lowest BCUT2D eigenvalue weighted by molar-refractivity contribution is 0.120. The topological polar surface area (TPSA) is 122 Å². The Morgan fingerprint density at radius 3 is 2.61 bits per heavy atom. The number of nitrogens with two attached hydrogens (primary N) is 1. The number of ether oxygens (including phenoxy) is 1. The van der Waals surface area contributed by atoms with Gasteiger partial charge in [0.2, 0.25) is 5.95 Å².